The minimum absolute atomic E-state index is 0.0177. The second-order valence-electron chi connectivity index (χ2n) is 14.5. The topological polar surface area (TPSA) is 161 Å². The second kappa shape index (κ2) is 17.1. The van der Waals surface area contributed by atoms with Gasteiger partial charge in [0.15, 0.2) is 0 Å². The summed E-state index contributed by atoms with van der Waals surface area (Å²) in [6.07, 6.45) is 8.00. The summed E-state index contributed by atoms with van der Waals surface area (Å²) in [5.74, 6) is -1.89. The van der Waals surface area contributed by atoms with E-state index in [1.807, 2.05) is 51.1 Å². The zero-order valence-corrected chi connectivity index (χ0v) is 29.5. The molecule has 4 unspecified atom stereocenters. The van der Waals surface area contributed by atoms with Gasteiger partial charge in [0.25, 0.3) is 0 Å². The first-order chi connectivity index (χ1) is 23.3. The van der Waals surface area contributed by atoms with Crippen LogP contribution in [0.2, 0.25) is 0 Å². The molecule has 49 heavy (non-hydrogen) atoms. The molecule has 0 bridgehead atoms. The number of rotatable bonds is 15. The van der Waals surface area contributed by atoms with Crippen molar-refractivity contribution in [3.63, 3.8) is 0 Å². The summed E-state index contributed by atoms with van der Waals surface area (Å²) in [4.78, 5) is 66.1. The normalized spacial score (nSPS) is 24.3. The lowest BCUT2D eigenvalue weighted by Crippen LogP contribution is -2.59. The van der Waals surface area contributed by atoms with Gasteiger partial charge in [-0.1, -0.05) is 68.5 Å². The largest absolute Gasteiger partial charge is 0.463 e. The summed E-state index contributed by atoms with van der Waals surface area (Å²) in [5.41, 5.74) is -0.772. The zero-order chi connectivity index (χ0) is 35.6. The van der Waals surface area contributed by atoms with E-state index in [4.69, 9.17) is 14.2 Å². The Morgan fingerprint density at radius 3 is 2.35 bits per heavy atom. The average Bonchev–Trinajstić information content (AvgIpc) is 3.58. The van der Waals surface area contributed by atoms with Gasteiger partial charge >= 0.3 is 12.1 Å². The molecule has 270 valence electrons. The smallest absolute Gasteiger partial charge is 0.408 e. The van der Waals surface area contributed by atoms with Gasteiger partial charge in [-0.15, -0.1) is 0 Å². The van der Waals surface area contributed by atoms with E-state index in [-0.39, 0.29) is 36.9 Å². The molecule has 12 nitrogen and oxygen atoms in total. The van der Waals surface area contributed by atoms with Crippen LogP contribution < -0.4 is 21.3 Å². The third-order valence-electron chi connectivity index (χ3n) is 9.50. The molecule has 0 aromatic heterocycles. The number of ether oxygens (including phenoxy) is 3. The monoisotopic (exact) mass is 682 g/mol. The van der Waals surface area contributed by atoms with Crippen LogP contribution in [0.25, 0.3) is 0 Å². The van der Waals surface area contributed by atoms with Gasteiger partial charge in [-0.25, -0.2) is 9.59 Å². The number of hydrogen-bond donors (Lipinski definition) is 4. The molecule has 3 aliphatic rings. The molecule has 1 aromatic rings. The molecule has 4 N–H and O–H groups in total. The third kappa shape index (κ3) is 11.3. The van der Waals surface area contributed by atoms with Crippen LogP contribution in [0.4, 0.5) is 4.79 Å². The van der Waals surface area contributed by atoms with Gasteiger partial charge in [-0.3, -0.25) is 14.4 Å². The predicted molar refractivity (Wildman–Crippen MR) is 183 cm³/mol. The Hall–Kier alpha value is -3.93. The molecule has 4 rings (SSSR count). The van der Waals surface area contributed by atoms with Crippen molar-refractivity contribution in [2.24, 2.45) is 17.8 Å². The number of alkyl carbamates (subject to hydrolysis) is 1. The predicted octanol–water partition coefficient (Wildman–Crippen LogP) is 4.07. The molecular formula is C37H54N4O8. The van der Waals surface area contributed by atoms with Crippen LogP contribution in [-0.2, 0) is 40.0 Å². The SMILES string of the molecule is CCOC(=O)/C=C/C1(NC(=O)[C@H](CC2CCCCC2)NC(=O)[C@@H](NC(=O)OCc2ccccc2)C(C)OC(C)(C)C)CC1C1CCNC1=O. The molecule has 12 heteroatoms. The fourth-order valence-electron chi connectivity index (χ4n) is 7.07. The zero-order valence-electron chi connectivity index (χ0n) is 29.5. The summed E-state index contributed by atoms with van der Waals surface area (Å²) in [5, 5.41) is 11.6. The van der Waals surface area contributed by atoms with E-state index in [1.165, 1.54) is 6.08 Å². The van der Waals surface area contributed by atoms with E-state index in [0.29, 0.717) is 25.8 Å². The van der Waals surface area contributed by atoms with Crippen molar-refractivity contribution in [2.45, 2.75) is 122 Å². The lowest BCUT2D eigenvalue weighted by molar-refractivity contribution is -0.137. The number of carbonyl (C=O) groups excluding carboxylic acids is 5. The molecule has 2 saturated carbocycles. The van der Waals surface area contributed by atoms with Gasteiger partial charge in [0.05, 0.1) is 23.9 Å². The number of amides is 4. The van der Waals surface area contributed by atoms with Crippen molar-refractivity contribution in [3.05, 3.63) is 48.0 Å². The van der Waals surface area contributed by atoms with E-state index in [9.17, 15) is 24.0 Å². The van der Waals surface area contributed by atoms with Crippen LogP contribution in [0.5, 0.6) is 0 Å². The quantitative estimate of drug-likeness (QED) is 0.159. The van der Waals surface area contributed by atoms with Crippen molar-refractivity contribution in [1.29, 1.82) is 0 Å². The fraction of sp³-hybridized carbons (Fsp3) is 0.649. The number of benzene rings is 1. The summed E-state index contributed by atoms with van der Waals surface area (Å²) in [6, 6.07) is 7.10. The summed E-state index contributed by atoms with van der Waals surface area (Å²) >= 11 is 0. The summed E-state index contributed by atoms with van der Waals surface area (Å²) < 4.78 is 16.6. The minimum Gasteiger partial charge on any atom is -0.463 e. The van der Waals surface area contributed by atoms with Gasteiger partial charge in [0, 0.05) is 18.5 Å². The maximum absolute atomic E-state index is 14.2. The van der Waals surface area contributed by atoms with Crippen LogP contribution in [0.1, 0.15) is 91.5 Å². The lowest BCUT2D eigenvalue weighted by Gasteiger charge is -2.33. The lowest BCUT2D eigenvalue weighted by atomic mass is 9.84. The Kier molecular flexibility index (Phi) is 13.2. The Morgan fingerprint density at radius 1 is 1.00 bits per heavy atom. The van der Waals surface area contributed by atoms with E-state index >= 15 is 0 Å². The average molecular weight is 683 g/mol. The van der Waals surface area contributed by atoms with Crippen molar-refractivity contribution in [2.75, 3.05) is 13.2 Å². The van der Waals surface area contributed by atoms with Crippen molar-refractivity contribution in [3.8, 4) is 0 Å². The first-order valence-electron chi connectivity index (χ1n) is 17.7. The Morgan fingerprint density at radius 2 is 1.71 bits per heavy atom. The van der Waals surface area contributed by atoms with Crippen molar-refractivity contribution < 1.29 is 38.2 Å². The summed E-state index contributed by atoms with van der Waals surface area (Å²) in [7, 11) is 0. The summed E-state index contributed by atoms with van der Waals surface area (Å²) in [6.45, 7) is 9.75. The maximum atomic E-state index is 14.2. The molecule has 1 heterocycles. The van der Waals surface area contributed by atoms with E-state index in [1.54, 1.807) is 19.9 Å². The molecule has 4 amide bonds. The fourth-order valence-corrected chi connectivity index (χ4v) is 7.07. The van der Waals surface area contributed by atoms with Gasteiger partial charge in [-0.2, -0.15) is 0 Å². The van der Waals surface area contributed by atoms with Crippen LogP contribution in [0.3, 0.4) is 0 Å². The Labute approximate surface area is 289 Å². The highest BCUT2D eigenvalue weighted by Crippen LogP contribution is 2.51. The third-order valence-corrected chi connectivity index (χ3v) is 9.50. The van der Waals surface area contributed by atoms with Crippen LogP contribution in [-0.4, -0.2) is 72.3 Å². The van der Waals surface area contributed by atoms with Crippen LogP contribution in [0, 0.1) is 17.8 Å². The molecule has 3 fully saturated rings. The van der Waals surface area contributed by atoms with Crippen LogP contribution in [0.15, 0.2) is 42.5 Å². The molecule has 0 radical (unpaired) electrons. The van der Waals surface area contributed by atoms with E-state index in [2.05, 4.69) is 21.3 Å². The molecule has 6 atom stereocenters. The number of nitrogens with one attached hydrogen (secondary N) is 4. The molecule has 1 aliphatic heterocycles. The van der Waals surface area contributed by atoms with Gasteiger partial charge in [0.2, 0.25) is 17.7 Å². The van der Waals surface area contributed by atoms with Gasteiger partial charge in [-0.05, 0) is 71.3 Å². The molecular weight excluding hydrogens is 628 g/mol. The highest BCUT2D eigenvalue weighted by Gasteiger charge is 2.59. The molecule has 1 saturated heterocycles. The van der Waals surface area contributed by atoms with Crippen molar-refractivity contribution in [1.82, 2.24) is 21.3 Å². The molecule has 2 aliphatic carbocycles. The molecule has 1 aromatic carbocycles. The number of esters is 1. The number of carbonyl (C=O) groups is 5. The first kappa shape index (κ1) is 37.9. The molecule has 0 spiro atoms. The Bertz CT molecular complexity index is 1340. The highest BCUT2D eigenvalue weighted by atomic mass is 16.6. The minimum atomic E-state index is -1.17. The number of hydrogen-bond acceptors (Lipinski definition) is 8. The van der Waals surface area contributed by atoms with E-state index < -0.39 is 53.2 Å². The highest BCUT2D eigenvalue weighted by molar-refractivity contribution is 5.92. The Balaban J connectivity index is 1.54. The standard InChI is InChI=1S/C37H54N4O8/c1-6-47-30(42)17-19-37(22-28(37)27-18-20-38-32(27)43)41-33(44)29(21-25-13-9-7-10-14-25)39-34(45)31(24(2)49-36(3,4)5)40-35(46)48-23-26-15-11-8-12-16-26/h8,11-12,15-17,19,24-25,27-29,31H,6-7,9-10,13-14,18,20-23H2,1-5H3,(H,38,43)(H,39,45)(H,40,46)(H,41,44)/b19-17+/t24?,27?,28?,29-,31-,37?/m0/s1. The van der Waals surface area contributed by atoms with Crippen molar-refractivity contribution >= 4 is 29.8 Å². The van der Waals surface area contributed by atoms with Gasteiger partial charge in [0.1, 0.15) is 18.7 Å². The maximum Gasteiger partial charge on any atom is 0.408 e. The van der Waals surface area contributed by atoms with E-state index in [0.717, 1.165) is 37.7 Å². The van der Waals surface area contributed by atoms with Crippen LogP contribution >= 0.6 is 0 Å². The second-order valence-corrected chi connectivity index (χ2v) is 14.5. The first-order valence-corrected chi connectivity index (χ1v) is 17.7. The van der Waals surface area contributed by atoms with Gasteiger partial charge < -0.3 is 35.5 Å².